The number of hydrogen-bond donors (Lipinski definition) is 3. The van der Waals surface area contributed by atoms with Crippen molar-refractivity contribution in [1.82, 2.24) is 0 Å². The summed E-state index contributed by atoms with van der Waals surface area (Å²) in [7, 11) is 0. The summed E-state index contributed by atoms with van der Waals surface area (Å²) in [6.45, 7) is 0. The van der Waals surface area contributed by atoms with E-state index in [1.54, 1.807) is 6.07 Å². The van der Waals surface area contributed by atoms with E-state index < -0.39 is 5.91 Å². The molecule has 0 fully saturated rings. The summed E-state index contributed by atoms with van der Waals surface area (Å²) in [6.07, 6.45) is 0. The SMILES string of the molecule is N/C(=N/O)c1ccc(NC(=O)c2ccc(Cl)o2)c(Cl)c1. The number of benzene rings is 1. The minimum Gasteiger partial charge on any atom is -0.440 e. The molecule has 0 aliphatic rings. The normalized spacial score (nSPS) is 11.4. The fraction of sp³-hybridized carbons (Fsp3) is 0. The van der Waals surface area contributed by atoms with E-state index in [1.807, 2.05) is 0 Å². The maximum Gasteiger partial charge on any atom is 0.291 e. The number of furan rings is 1. The number of halogens is 2. The van der Waals surface area contributed by atoms with Gasteiger partial charge in [0.1, 0.15) is 0 Å². The molecule has 2 rings (SSSR count). The molecule has 1 aromatic carbocycles. The number of nitrogens with one attached hydrogen (secondary N) is 1. The monoisotopic (exact) mass is 313 g/mol. The molecule has 0 aliphatic carbocycles. The lowest BCUT2D eigenvalue weighted by molar-refractivity contribution is 0.0997. The zero-order chi connectivity index (χ0) is 14.7. The van der Waals surface area contributed by atoms with Crippen molar-refractivity contribution in [3.63, 3.8) is 0 Å². The van der Waals surface area contributed by atoms with E-state index in [4.69, 9.17) is 38.6 Å². The summed E-state index contributed by atoms with van der Waals surface area (Å²) in [5, 5.41) is 14.3. The average molecular weight is 314 g/mol. The second-order valence-corrected chi connectivity index (χ2v) is 4.52. The zero-order valence-electron chi connectivity index (χ0n) is 9.93. The van der Waals surface area contributed by atoms with Crippen molar-refractivity contribution < 1.29 is 14.4 Å². The molecule has 1 aromatic heterocycles. The van der Waals surface area contributed by atoms with E-state index in [2.05, 4.69) is 10.5 Å². The number of carbonyl (C=O) groups excluding carboxylic acids is 1. The van der Waals surface area contributed by atoms with Crippen LogP contribution in [0.2, 0.25) is 10.2 Å². The first-order valence-corrected chi connectivity index (χ1v) is 6.11. The van der Waals surface area contributed by atoms with Gasteiger partial charge < -0.3 is 20.7 Å². The molecule has 6 nitrogen and oxygen atoms in total. The predicted molar refractivity (Wildman–Crippen MR) is 75.6 cm³/mol. The topological polar surface area (TPSA) is 101 Å². The number of amides is 1. The lowest BCUT2D eigenvalue weighted by atomic mass is 10.2. The smallest absolute Gasteiger partial charge is 0.291 e. The van der Waals surface area contributed by atoms with E-state index in [-0.39, 0.29) is 21.8 Å². The first-order valence-electron chi connectivity index (χ1n) is 5.35. The number of hydrogen-bond acceptors (Lipinski definition) is 4. The Balaban J connectivity index is 2.20. The molecule has 0 saturated heterocycles. The van der Waals surface area contributed by atoms with Crippen LogP contribution in [-0.4, -0.2) is 17.0 Å². The number of amidine groups is 1. The third-order valence-corrected chi connectivity index (χ3v) is 2.93. The number of oxime groups is 1. The van der Waals surface area contributed by atoms with Gasteiger partial charge in [-0.3, -0.25) is 4.79 Å². The number of nitrogens with zero attached hydrogens (tertiary/aromatic N) is 1. The van der Waals surface area contributed by atoms with Gasteiger partial charge in [0.2, 0.25) is 0 Å². The van der Waals surface area contributed by atoms with Crippen LogP contribution in [0.1, 0.15) is 16.1 Å². The van der Waals surface area contributed by atoms with E-state index in [9.17, 15) is 4.79 Å². The second-order valence-electron chi connectivity index (χ2n) is 3.74. The highest BCUT2D eigenvalue weighted by molar-refractivity contribution is 6.34. The van der Waals surface area contributed by atoms with Crippen LogP contribution in [0, 0.1) is 0 Å². The second kappa shape index (κ2) is 5.85. The summed E-state index contributed by atoms with van der Waals surface area (Å²) in [5.74, 6) is -0.510. The third-order valence-electron chi connectivity index (χ3n) is 2.42. The molecule has 0 radical (unpaired) electrons. The van der Waals surface area contributed by atoms with Crippen LogP contribution in [0.4, 0.5) is 5.69 Å². The molecule has 0 unspecified atom stereocenters. The Morgan fingerprint density at radius 2 is 2.05 bits per heavy atom. The van der Waals surface area contributed by atoms with Crippen LogP contribution < -0.4 is 11.1 Å². The Bertz CT molecular complexity index is 682. The first-order chi connectivity index (χ1) is 9.51. The highest BCUT2D eigenvalue weighted by atomic mass is 35.5. The van der Waals surface area contributed by atoms with Gasteiger partial charge >= 0.3 is 0 Å². The third kappa shape index (κ3) is 3.04. The molecule has 4 N–H and O–H groups in total. The Labute approximate surface area is 123 Å². The summed E-state index contributed by atoms with van der Waals surface area (Å²) in [4.78, 5) is 11.8. The summed E-state index contributed by atoms with van der Waals surface area (Å²) >= 11 is 11.6. The van der Waals surface area contributed by atoms with Crippen LogP contribution in [-0.2, 0) is 0 Å². The lowest BCUT2D eigenvalue weighted by Gasteiger charge is -2.07. The quantitative estimate of drug-likeness (QED) is 0.351. The van der Waals surface area contributed by atoms with Crippen LogP contribution >= 0.6 is 23.2 Å². The number of nitrogens with two attached hydrogens (primary N) is 1. The number of rotatable bonds is 3. The number of carbonyl (C=O) groups is 1. The van der Waals surface area contributed by atoms with Gasteiger partial charge in [-0.1, -0.05) is 16.8 Å². The molecular weight excluding hydrogens is 305 g/mol. The summed E-state index contributed by atoms with van der Waals surface area (Å²) < 4.78 is 4.97. The van der Waals surface area contributed by atoms with E-state index in [0.29, 0.717) is 11.3 Å². The van der Waals surface area contributed by atoms with Gasteiger partial charge in [-0.15, -0.1) is 0 Å². The Hall–Kier alpha value is -2.18. The molecule has 0 saturated carbocycles. The average Bonchev–Trinajstić information content (AvgIpc) is 2.86. The minimum absolute atomic E-state index is 0.0616. The fourth-order valence-electron chi connectivity index (χ4n) is 1.45. The zero-order valence-corrected chi connectivity index (χ0v) is 11.4. The molecule has 1 heterocycles. The molecular formula is C12H9Cl2N3O3. The molecule has 8 heteroatoms. The van der Waals surface area contributed by atoms with Crippen LogP contribution in [0.25, 0.3) is 0 Å². The van der Waals surface area contributed by atoms with Gasteiger partial charge in [0.15, 0.2) is 16.8 Å². The van der Waals surface area contributed by atoms with Gasteiger partial charge in [0.25, 0.3) is 5.91 Å². The Kier molecular flexibility index (Phi) is 4.16. The van der Waals surface area contributed by atoms with Crippen LogP contribution in [0.3, 0.4) is 0 Å². The Morgan fingerprint density at radius 3 is 2.60 bits per heavy atom. The summed E-state index contributed by atoms with van der Waals surface area (Å²) in [5.41, 5.74) is 6.22. The molecule has 0 atom stereocenters. The van der Waals surface area contributed by atoms with Gasteiger partial charge in [-0.25, -0.2) is 0 Å². The van der Waals surface area contributed by atoms with Crippen molar-refractivity contribution in [2.45, 2.75) is 0 Å². The molecule has 2 aromatic rings. The molecule has 1 amide bonds. The van der Waals surface area contributed by atoms with Gasteiger partial charge in [0.05, 0.1) is 10.7 Å². The van der Waals surface area contributed by atoms with Gasteiger partial charge in [-0.2, -0.15) is 0 Å². The van der Waals surface area contributed by atoms with Crippen molar-refractivity contribution in [3.8, 4) is 0 Å². The molecule has 20 heavy (non-hydrogen) atoms. The Morgan fingerprint density at radius 1 is 1.30 bits per heavy atom. The van der Waals surface area contributed by atoms with Crippen LogP contribution in [0.15, 0.2) is 39.9 Å². The largest absolute Gasteiger partial charge is 0.440 e. The molecule has 104 valence electrons. The van der Waals surface area contributed by atoms with E-state index in [1.165, 1.54) is 24.3 Å². The minimum atomic E-state index is -0.490. The van der Waals surface area contributed by atoms with Gasteiger partial charge in [0, 0.05) is 5.56 Å². The molecule has 0 spiro atoms. The summed E-state index contributed by atoms with van der Waals surface area (Å²) in [6, 6.07) is 7.43. The van der Waals surface area contributed by atoms with Gasteiger partial charge in [-0.05, 0) is 41.9 Å². The van der Waals surface area contributed by atoms with Crippen molar-refractivity contribution >= 4 is 40.6 Å². The first kappa shape index (κ1) is 14.2. The maximum atomic E-state index is 11.8. The fourth-order valence-corrected chi connectivity index (χ4v) is 1.83. The molecule has 0 aliphatic heterocycles. The lowest BCUT2D eigenvalue weighted by Crippen LogP contribution is -2.14. The maximum absolute atomic E-state index is 11.8. The predicted octanol–water partition coefficient (Wildman–Crippen LogP) is 2.93. The van der Waals surface area contributed by atoms with Crippen molar-refractivity contribution in [1.29, 1.82) is 0 Å². The highest BCUT2D eigenvalue weighted by Gasteiger charge is 2.13. The van der Waals surface area contributed by atoms with Crippen molar-refractivity contribution in [3.05, 3.63) is 51.9 Å². The van der Waals surface area contributed by atoms with Crippen LogP contribution in [0.5, 0.6) is 0 Å². The van der Waals surface area contributed by atoms with E-state index >= 15 is 0 Å². The standard InChI is InChI=1S/C12H9Cl2N3O3/c13-7-5-6(11(15)17-19)1-2-8(7)16-12(18)9-3-4-10(14)20-9/h1-5,19H,(H2,15,17)(H,16,18). The van der Waals surface area contributed by atoms with Crippen molar-refractivity contribution in [2.75, 3.05) is 5.32 Å². The van der Waals surface area contributed by atoms with E-state index in [0.717, 1.165) is 0 Å². The van der Waals surface area contributed by atoms with Crippen molar-refractivity contribution in [2.24, 2.45) is 10.9 Å². The molecule has 0 bridgehead atoms. The highest BCUT2D eigenvalue weighted by Crippen LogP contribution is 2.24. The number of anilines is 1.